The van der Waals surface area contributed by atoms with Crippen molar-refractivity contribution in [1.82, 2.24) is 0 Å². The number of hydrogen-bond donors (Lipinski definition) is 4. The molecule has 0 saturated carbocycles. The first-order chi connectivity index (χ1) is 8.26. The fraction of sp³-hybridized carbons (Fsp3) is 1.00. The van der Waals surface area contributed by atoms with Crippen molar-refractivity contribution >= 4 is 0 Å². The van der Waals surface area contributed by atoms with Crippen molar-refractivity contribution in [1.29, 1.82) is 0 Å². The summed E-state index contributed by atoms with van der Waals surface area (Å²) in [5.41, 5.74) is 0.216. The molecule has 5 atom stereocenters. The van der Waals surface area contributed by atoms with Gasteiger partial charge in [-0.2, -0.15) is 0 Å². The second-order valence-electron chi connectivity index (χ2n) is 6.32. The van der Waals surface area contributed by atoms with E-state index in [0.717, 1.165) is 12.8 Å². The summed E-state index contributed by atoms with van der Waals surface area (Å²) in [6.45, 7) is 6.06. The van der Waals surface area contributed by atoms with Gasteiger partial charge in [0.15, 0.2) is 0 Å². The highest BCUT2D eigenvalue weighted by molar-refractivity contribution is 4.91. The predicted molar refractivity (Wildman–Crippen MR) is 67.1 cm³/mol. The number of hydrogen-bond acceptors (Lipinski definition) is 5. The molecule has 0 spiro atoms. The van der Waals surface area contributed by atoms with E-state index in [1.54, 1.807) is 0 Å². The molecular formula is C13H26O5. The van der Waals surface area contributed by atoms with Crippen LogP contribution in [0.15, 0.2) is 0 Å². The van der Waals surface area contributed by atoms with E-state index in [1.807, 2.05) is 0 Å². The molecular weight excluding hydrogens is 236 g/mol. The van der Waals surface area contributed by atoms with Gasteiger partial charge >= 0.3 is 0 Å². The third-order valence-corrected chi connectivity index (χ3v) is 3.41. The maximum atomic E-state index is 9.83. The van der Waals surface area contributed by atoms with Crippen LogP contribution in [0.1, 0.15) is 40.0 Å². The van der Waals surface area contributed by atoms with Crippen molar-refractivity contribution in [2.45, 2.75) is 70.6 Å². The van der Waals surface area contributed by atoms with Crippen molar-refractivity contribution in [3.05, 3.63) is 0 Å². The summed E-state index contributed by atoms with van der Waals surface area (Å²) in [6.07, 6.45) is -2.46. The minimum atomic E-state index is -1.25. The Labute approximate surface area is 108 Å². The summed E-state index contributed by atoms with van der Waals surface area (Å²) < 4.78 is 5.44. The largest absolute Gasteiger partial charge is 0.394 e. The average Bonchev–Trinajstić information content (AvgIpc) is 2.27. The molecule has 0 aromatic rings. The van der Waals surface area contributed by atoms with Crippen molar-refractivity contribution in [2.75, 3.05) is 6.61 Å². The van der Waals surface area contributed by atoms with Crippen molar-refractivity contribution < 1.29 is 25.2 Å². The van der Waals surface area contributed by atoms with E-state index in [2.05, 4.69) is 20.8 Å². The highest BCUT2D eigenvalue weighted by Gasteiger charge is 2.42. The summed E-state index contributed by atoms with van der Waals surface area (Å²) in [5, 5.41) is 38.2. The van der Waals surface area contributed by atoms with E-state index in [-0.39, 0.29) is 12.0 Å². The SMILES string of the molecule is CC(C)(C)CCC[C@H]1O[C@H](CO)[C@@H](O)[C@H](O)[C@H]1O. The minimum Gasteiger partial charge on any atom is -0.394 e. The highest BCUT2D eigenvalue weighted by Crippen LogP contribution is 2.27. The van der Waals surface area contributed by atoms with Gasteiger partial charge in [-0.25, -0.2) is 0 Å². The highest BCUT2D eigenvalue weighted by atomic mass is 16.5. The Morgan fingerprint density at radius 2 is 1.50 bits per heavy atom. The lowest BCUT2D eigenvalue weighted by molar-refractivity contribution is -0.230. The Morgan fingerprint density at radius 1 is 0.944 bits per heavy atom. The van der Waals surface area contributed by atoms with Crippen LogP contribution in [0.25, 0.3) is 0 Å². The summed E-state index contributed by atoms with van der Waals surface area (Å²) in [5.74, 6) is 0. The lowest BCUT2D eigenvalue weighted by atomic mass is 9.87. The molecule has 1 heterocycles. The van der Waals surface area contributed by atoms with Crippen LogP contribution in [0.2, 0.25) is 0 Å². The maximum Gasteiger partial charge on any atom is 0.111 e. The molecule has 1 fully saturated rings. The van der Waals surface area contributed by atoms with E-state index in [4.69, 9.17) is 9.84 Å². The Kier molecular flexibility index (Phi) is 5.55. The van der Waals surface area contributed by atoms with Crippen molar-refractivity contribution in [2.24, 2.45) is 5.41 Å². The average molecular weight is 262 g/mol. The molecule has 18 heavy (non-hydrogen) atoms. The first-order valence-corrected chi connectivity index (χ1v) is 6.57. The monoisotopic (exact) mass is 262 g/mol. The molecule has 0 aliphatic carbocycles. The van der Waals surface area contributed by atoms with Gasteiger partial charge < -0.3 is 25.2 Å². The number of aliphatic hydroxyl groups is 4. The molecule has 1 aliphatic heterocycles. The van der Waals surface area contributed by atoms with E-state index < -0.39 is 30.5 Å². The second-order valence-corrected chi connectivity index (χ2v) is 6.32. The molecule has 4 N–H and O–H groups in total. The van der Waals surface area contributed by atoms with Crippen LogP contribution in [-0.4, -0.2) is 57.6 Å². The molecule has 1 saturated heterocycles. The lowest BCUT2D eigenvalue weighted by Gasteiger charge is -2.40. The van der Waals surface area contributed by atoms with E-state index in [9.17, 15) is 15.3 Å². The lowest BCUT2D eigenvalue weighted by Crippen LogP contribution is -2.58. The molecule has 0 bridgehead atoms. The summed E-state index contributed by atoms with van der Waals surface area (Å²) in [4.78, 5) is 0. The molecule has 0 radical (unpaired) electrons. The van der Waals surface area contributed by atoms with Gasteiger partial charge in [0.05, 0.1) is 12.7 Å². The van der Waals surface area contributed by atoms with E-state index in [1.165, 1.54) is 0 Å². The number of rotatable bonds is 4. The minimum absolute atomic E-state index is 0.216. The molecule has 0 amide bonds. The zero-order valence-electron chi connectivity index (χ0n) is 11.4. The second kappa shape index (κ2) is 6.30. The van der Waals surface area contributed by atoms with Gasteiger partial charge in [-0.3, -0.25) is 0 Å². The molecule has 0 aromatic carbocycles. The van der Waals surface area contributed by atoms with Crippen molar-refractivity contribution in [3.63, 3.8) is 0 Å². The molecule has 1 aliphatic rings. The Morgan fingerprint density at radius 3 is 2.00 bits per heavy atom. The van der Waals surface area contributed by atoms with Gasteiger partial charge in [0.2, 0.25) is 0 Å². The first-order valence-electron chi connectivity index (χ1n) is 6.57. The Bertz CT molecular complexity index is 248. The predicted octanol–water partition coefficient (Wildman–Crippen LogP) is 0.0452. The Balaban J connectivity index is 2.49. The van der Waals surface area contributed by atoms with Crippen molar-refractivity contribution in [3.8, 4) is 0 Å². The topological polar surface area (TPSA) is 90.2 Å². The van der Waals surface area contributed by atoms with E-state index in [0.29, 0.717) is 6.42 Å². The van der Waals surface area contributed by atoms with Crippen LogP contribution in [0.5, 0.6) is 0 Å². The fourth-order valence-corrected chi connectivity index (χ4v) is 2.25. The third kappa shape index (κ3) is 4.17. The number of ether oxygens (including phenoxy) is 1. The molecule has 0 unspecified atom stereocenters. The van der Waals surface area contributed by atoms with Crippen LogP contribution in [0.4, 0.5) is 0 Å². The van der Waals surface area contributed by atoms with Crippen LogP contribution in [0, 0.1) is 5.41 Å². The Hall–Kier alpha value is -0.200. The van der Waals surface area contributed by atoms with Gasteiger partial charge in [-0.05, 0) is 18.3 Å². The molecule has 108 valence electrons. The fourth-order valence-electron chi connectivity index (χ4n) is 2.25. The molecule has 5 nitrogen and oxygen atoms in total. The van der Waals surface area contributed by atoms with Gasteiger partial charge in [0.1, 0.15) is 24.4 Å². The van der Waals surface area contributed by atoms with Gasteiger partial charge in [-0.15, -0.1) is 0 Å². The van der Waals surface area contributed by atoms with Gasteiger partial charge in [0, 0.05) is 0 Å². The zero-order valence-corrected chi connectivity index (χ0v) is 11.4. The van der Waals surface area contributed by atoms with Crippen LogP contribution >= 0.6 is 0 Å². The van der Waals surface area contributed by atoms with Gasteiger partial charge in [-0.1, -0.05) is 27.2 Å². The number of aliphatic hydroxyl groups excluding tert-OH is 4. The zero-order chi connectivity index (χ0) is 13.9. The summed E-state index contributed by atoms with van der Waals surface area (Å²) in [7, 11) is 0. The molecule has 5 heteroatoms. The quantitative estimate of drug-likeness (QED) is 0.574. The normalized spacial score (nSPS) is 37.8. The van der Waals surface area contributed by atoms with Crippen LogP contribution in [0.3, 0.4) is 0 Å². The summed E-state index contributed by atoms with van der Waals surface area (Å²) in [6, 6.07) is 0. The van der Waals surface area contributed by atoms with Crippen LogP contribution < -0.4 is 0 Å². The summed E-state index contributed by atoms with van der Waals surface area (Å²) >= 11 is 0. The maximum absolute atomic E-state index is 9.83. The molecule has 0 aromatic heterocycles. The van der Waals surface area contributed by atoms with Gasteiger partial charge in [0.25, 0.3) is 0 Å². The van der Waals surface area contributed by atoms with E-state index >= 15 is 0 Å². The third-order valence-electron chi connectivity index (χ3n) is 3.41. The van der Waals surface area contributed by atoms with Crippen LogP contribution in [-0.2, 0) is 4.74 Å². The first kappa shape index (κ1) is 15.9. The smallest absolute Gasteiger partial charge is 0.111 e. The standard InChI is InChI=1S/C13H26O5/c1-13(2,3)6-4-5-8-10(15)12(17)11(16)9(7-14)18-8/h8-12,14-17H,4-7H2,1-3H3/t8-,9-,10+,11-,12-/m1/s1. The molecule has 1 rings (SSSR count).